The predicted molar refractivity (Wildman–Crippen MR) is 112 cm³/mol. The number of hydrogen-bond donors (Lipinski definition) is 1. The van der Waals surface area contributed by atoms with Gasteiger partial charge in [-0.25, -0.2) is 4.68 Å². The fourth-order valence-electron chi connectivity index (χ4n) is 3.02. The van der Waals surface area contributed by atoms with E-state index < -0.39 is 0 Å². The molecule has 6 heteroatoms. The summed E-state index contributed by atoms with van der Waals surface area (Å²) in [5.74, 6) is -0.341. The minimum Gasteiger partial charge on any atom is -0.324 e. The molecule has 0 aliphatic rings. The van der Waals surface area contributed by atoms with Gasteiger partial charge >= 0.3 is 0 Å². The number of amides is 1. The Morgan fingerprint density at radius 1 is 0.929 bits per heavy atom. The van der Waals surface area contributed by atoms with E-state index in [2.05, 4.69) is 10.4 Å². The first-order valence-electron chi connectivity index (χ1n) is 8.72. The van der Waals surface area contributed by atoms with Gasteiger partial charge in [-0.1, -0.05) is 54.1 Å². The van der Waals surface area contributed by atoms with Gasteiger partial charge in [0.1, 0.15) is 6.54 Å². The first kappa shape index (κ1) is 17.9. The van der Waals surface area contributed by atoms with Gasteiger partial charge in [-0.15, -0.1) is 0 Å². The van der Waals surface area contributed by atoms with E-state index in [4.69, 9.17) is 11.6 Å². The summed E-state index contributed by atoms with van der Waals surface area (Å²) in [6.07, 6.45) is 0. The van der Waals surface area contributed by atoms with Crippen LogP contribution in [0.5, 0.6) is 0 Å². The predicted octanol–water partition coefficient (Wildman–Crippen LogP) is 4.36. The van der Waals surface area contributed by atoms with Gasteiger partial charge in [0, 0.05) is 22.3 Å². The van der Waals surface area contributed by atoms with Gasteiger partial charge < -0.3 is 5.32 Å². The number of nitrogens with zero attached hydrogens (tertiary/aromatic N) is 2. The van der Waals surface area contributed by atoms with E-state index in [1.165, 1.54) is 10.7 Å². The Morgan fingerprint density at radius 3 is 2.50 bits per heavy atom. The Bertz CT molecular complexity index is 1210. The third kappa shape index (κ3) is 3.80. The molecular weight excluding hydrogens is 374 g/mol. The highest BCUT2D eigenvalue weighted by molar-refractivity contribution is 6.30. The quantitative estimate of drug-likeness (QED) is 0.564. The molecule has 1 amide bonds. The summed E-state index contributed by atoms with van der Waals surface area (Å²) in [5.41, 5.74) is 1.81. The van der Waals surface area contributed by atoms with Crippen molar-refractivity contribution in [2.24, 2.45) is 0 Å². The van der Waals surface area contributed by atoms with Crippen molar-refractivity contribution in [3.05, 3.63) is 94.2 Å². The average molecular weight is 390 g/mol. The maximum atomic E-state index is 12.3. The lowest BCUT2D eigenvalue weighted by atomic mass is 10.0. The average Bonchev–Trinajstić information content (AvgIpc) is 2.71. The summed E-state index contributed by atoms with van der Waals surface area (Å²) < 4.78 is 1.17. The van der Waals surface area contributed by atoms with Crippen LogP contribution in [0.1, 0.15) is 0 Å². The van der Waals surface area contributed by atoms with Crippen molar-refractivity contribution in [1.29, 1.82) is 0 Å². The Hall–Kier alpha value is -3.44. The number of halogens is 1. The number of hydrogen-bond acceptors (Lipinski definition) is 3. The zero-order valence-corrected chi connectivity index (χ0v) is 15.6. The number of rotatable bonds is 4. The minimum absolute atomic E-state index is 0.180. The number of carbonyl (C=O) groups excluding carboxylic acids is 1. The normalized spacial score (nSPS) is 10.8. The topological polar surface area (TPSA) is 64.0 Å². The van der Waals surface area contributed by atoms with E-state index in [0.29, 0.717) is 16.4 Å². The zero-order chi connectivity index (χ0) is 19.5. The fraction of sp³-hybridized carbons (Fsp3) is 0.0455. The molecule has 0 bridgehead atoms. The number of anilines is 1. The summed E-state index contributed by atoms with van der Waals surface area (Å²) in [5, 5.41) is 9.85. The molecule has 0 saturated heterocycles. The number of carbonyl (C=O) groups is 1. The maximum Gasteiger partial charge on any atom is 0.267 e. The van der Waals surface area contributed by atoms with Crippen molar-refractivity contribution in [2.45, 2.75) is 6.54 Å². The molecule has 4 rings (SSSR count). The van der Waals surface area contributed by atoms with Crippen LogP contribution < -0.4 is 10.9 Å². The Labute approximate surface area is 166 Å². The number of nitrogens with one attached hydrogen (secondary N) is 1. The van der Waals surface area contributed by atoms with E-state index >= 15 is 0 Å². The molecule has 1 heterocycles. The number of fused-ring (bicyclic) bond motifs is 1. The van der Waals surface area contributed by atoms with Crippen LogP contribution in [0.4, 0.5) is 5.69 Å². The second-order valence-corrected chi connectivity index (χ2v) is 6.73. The smallest absolute Gasteiger partial charge is 0.267 e. The Kier molecular flexibility index (Phi) is 4.91. The molecule has 0 saturated carbocycles. The highest BCUT2D eigenvalue weighted by Crippen LogP contribution is 2.26. The standard InChI is InChI=1S/C22H16ClN3O2/c23-16-8-10-17(11-9-16)24-21(27)14-26-22(28)13-12-20(25-26)19-7-3-5-15-4-1-2-6-18(15)19/h1-13H,14H2,(H,24,27). The van der Waals surface area contributed by atoms with Crippen molar-refractivity contribution < 1.29 is 4.79 Å². The monoisotopic (exact) mass is 389 g/mol. The molecule has 0 fully saturated rings. The third-order valence-corrected chi connectivity index (χ3v) is 4.61. The molecule has 28 heavy (non-hydrogen) atoms. The van der Waals surface area contributed by atoms with Crippen molar-refractivity contribution in [1.82, 2.24) is 9.78 Å². The third-order valence-electron chi connectivity index (χ3n) is 4.35. The van der Waals surface area contributed by atoms with Gasteiger partial charge in [0.2, 0.25) is 5.91 Å². The molecule has 0 unspecified atom stereocenters. The molecule has 0 spiro atoms. The Balaban J connectivity index is 1.63. The molecule has 0 atom stereocenters. The second-order valence-electron chi connectivity index (χ2n) is 6.30. The summed E-state index contributed by atoms with van der Waals surface area (Å²) in [6.45, 7) is -0.180. The molecule has 1 aromatic heterocycles. The molecule has 138 valence electrons. The molecule has 0 radical (unpaired) electrons. The number of aromatic nitrogens is 2. The van der Waals surface area contributed by atoms with E-state index in [0.717, 1.165) is 16.3 Å². The molecule has 4 aromatic rings. The van der Waals surface area contributed by atoms with Crippen LogP contribution in [0.25, 0.3) is 22.0 Å². The van der Waals surface area contributed by atoms with Crippen molar-refractivity contribution in [3.8, 4) is 11.3 Å². The summed E-state index contributed by atoms with van der Waals surface area (Å²) in [4.78, 5) is 24.5. The van der Waals surface area contributed by atoms with E-state index in [1.807, 2.05) is 42.5 Å². The lowest BCUT2D eigenvalue weighted by molar-refractivity contribution is -0.117. The molecule has 5 nitrogen and oxygen atoms in total. The maximum absolute atomic E-state index is 12.3. The van der Waals surface area contributed by atoms with Crippen molar-refractivity contribution in [2.75, 3.05) is 5.32 Å². The fourth-order valence-corrected chi connectivity index (χ4v) is 3.15. The van der Waals surface area contributed by atoms with Gasteiger partial charge in [-0.3, -0.25) is 9.59 Å². The summed E-state index contributed by atoms with van der Waals surface area (Å²) in [7, 11) is 0. The van der Waals surface area contributed by atoms with Crippen molar-refractivity contribution in [3.63, 3.8) is 0 Å². The Morgan fingerprint density at radius 2 is 1.68 bits per heavy atom. The SMILES string of the molecule is O=C(Cn1nc(-c2cccc3ccccc23)ccc1=O)Nc1ccc(Cl)cc1. The summed E-state index contributed by atoms with van der Waals surface area (Å²) in [6, 6.07) is 23.8. The van der Waals surface area contributed by atoms with E-state index in [1.54, 1.807) is 30.3 Å². The van der Waals surface area contributed by atoms with Crippen LogP contribution in [0.3, 0.4) is 0 Å². The highest BCUT2D eigenvalue weighted by atomic mass is 35.5. The van der Waals surface area contributed by atoms with Gasteiger partial charge in [0.25, 0.3) is 5.56 Å². The van der Waals surface area contributed by atoms with Crippen LogP contribution in [-0.2, 0) is 11.3 Å². The largest absolute Gasteiger partial charge is 0.324 e. The first-order valence-corrected chi connectivity index (χ1v) is 9.10. The van der Waals surface area contributed by atoms with Crippen LogP contribution in [0.2, 0.25) is 5.02 Å². The number of benzene rings is 3. The van der Waals surface area contributed by atoms with Gasteiger partial charge in [-0.2, -0.15) is 5.10 Å². The van der Waals surface area contributed by atoms with Gasteiger partial charge in [-0.05, 0) is 41.1 Å². The van der Waals surface area contributed by atoms with Crippen LogP contribution in [-0.4, -0.2) is 15.7 Å². The minimum atomic E-state index is -0.341. The van der Waals surface area contributed by atoms with Crippen LogP contribution in [0, 0.1) is 0 Å². The first-order chi connectivity index (χ1) is 13.6. The molecule has 3 aromatic carbocycles. The lowest BCUT2D eigenvalue weighted by Crippen LogP contribution is -2.29. The van der Waals surface area contributed by atoms with Gasteiger partial charge in [0.05, 0.1) is 5.69 Å². The van der Waals surface area contributed by atoms with Crippen molar-refractivity contribution >= 4 is 34.0 Å². The summed E-state index contributed by atoms with van der Waals surface area (Å²) >= 11 is 5.85. The van der Waals surface area contributed by atoms with Gasteiger partial charge in [0.15, 0.2) is 0 Å². The second kappa shape index (κ2) is 7.66. The molecule has 1 N–H and O–H groups in total. The highest BCUT2D eigenvalue weighted by Gasteiger charge is 2.10. The van der Waals surface area contributed by atoms with Crippen LogP contribution >= 0.6 is 11.6 Å². The lowest BCUT2D eigenvalue weighted by Gasteiger charge is -2.10. The molecule has 0 aliphatic carbocycles. The van der Waals surface area contributed by atoms with E-state index in [-0.39, 0.29) is 18.0 Å². The van der Waals surface area contributed by atoms with E-state index in [9.17, 15) is 9.59 Å². The van der Waals surface area contributed by atoms with Crippen LogP contribution in [0.15, 0.2) is 83.7 Å². The molecular formula is C22H16ClN3O2. The zero-order valence-electron chi connectivity index (χ0n) is 14.8. The molecule has 0 aliphatic heterocycles.